The molecule has 0 spiro atoms. The number of benzene rings is 2. The van der Waals surface area contributed by atoms with Crippen LogP contribution in [0.5, 0.6) is 0 Å². The van der Waals surface area contributed by atoms with E-state index >= 15 is 0 Å². The average molecular weight is 394 g/mol. The van der Waals surface area contributed by atoms with Crippen molar-refractivity contribution < 1.29 is 14.5 Å². The molecule has 1 fully saturated rings. The summed E-state index contributed by atoms with van der Waals surface area (Å²) in [4.78, 5) is 36.5. The van der Waals surface area contributed by atoms with Crippen molar-refractivity contribution in [1.29, 1.82) is 0 Å². The molecule has 3 rings (SSSR count). The molecule has 1 N–H and O–H groups in total. The maximum atomic E-state index is 12.9. The molecule has 26 heavy (non-hydrogen) atoms. The van der Waals surface area contributed by atoms with Crippen LogP contribution in [-0.2, 0) is 16.9 Å². The molecule has 1 heterocycles. The van der Waals surface area contributed by atoms with Crippen LogP contribution in [0.25, 0.3) is 0 Å². The highest BCUT2D eigenvalue weighted by molar-refractivity contribution is 6.35. The lowest BCUT2D eigenvalue weighted by molar-refractivity contribution is -0.384. The van der Waals surface area contributed by atoms with Crippen molar-refractivity contribution in [2.24, 2.45) is 0 Å². The Balaban J connectivity index is 1.88. The summed E-state index contributed by atoms with van der Waals surface area (Å²) in [5.74, 6) is -0.470. The fraction of sp³-hybridized carbons (Fsp3) is 0.176. The van der Waals surface area contributed by atoms with Crippen LogP contribution in [0.15, 0.2) is 42.5 Å². The van der Waals surface area contributed by atoms with E-state index < -0.39 is 22.4 Å². The normalized spacial score (nSPS) is 19.6. The fourth-order valence-corrected chi connectivity index (χ4v) is 3.24. The molecular formula is C17H13Cl2N3O4. The van der Waals surface area contributed by atoms with Gasteiger partial charge in [-0.1, -0.05) is 29.3 Å². The number of carbonyl (C=O) groups is 2. The second kappa shape index (κ2) is 6.59. The Morgan fingerprint density at radius 2 is 1.81 bits per heavy atom. The van der Waals surface area contributed by atoms with E-state index in [9.17, 15) is 19.7 Å². The minimum atomic E-state index is -1.31. The summed E-state index contributed by atoms with van der Waals surface area (Å²) in [5.41, 5.74) is -0.386. The van der Waals surface area contributed by atoms with E-state index in [2.05, 4.69) is 5.32 Å². The number of hydrogen-bond donors (Lipinski definition) is 1. The fourth-order valence-electron chi connectivity index (χ4n) is 2.77. The summed E-state index contributed by atoms with van der Waals surface area (Å²) in [6, 6.07) is 9.72. The number of rotatable bonds is 4. The maximum absolute atomic E-state index is 12.9. The Morgan fingerprint density at radius 1 is 1.15 bits per heavy atom. The molecule has 0 bridgehead atoms. The molecule has 0 aliphatic carbocycles. The van der Waals surface area contributed by atoms with Crippen LogP contribution in [0.4, 0.5) is 10.5 Å². The van der Waals surface area contributed by atoms with E-state index in [4.69, 9.17) is 23.2 Å². The summed E-state index contributed by atoms with van der Waals surface area (Å²) >= 11 is 12.0. The molecule has 2 aromatic rings. The summed E-state index contributed by atoms with van der Waals surface area (Å²) in [6.07, 6.45) is 0. The van der Waals surface area contributed by atoms with Crippen molar-refractivity contribution in [3.63, 3.8) is 0 Å². The molecule has 7 nitrogen and oxygen atoms in total. The topological polar surface area (TPSA) is 92.6 Å². The second-order valence-electron chi connectivity index (χ2n) is 5.99. The van der Waals surface area contributed by atoms with E-state index in [1.165, 1.54) is 30.3 Å². The number of halogens is 2. The van der Waals surface area contributed by atoms with E-state index in [0.717, 1.165) is 4.90 Å². The van der Waals surface area contributed by atoms with Crippen molar-refractivity contribution in [3.8, 4) is 0 Å². The number of hydrogen-bond acceptors (Lipinski definition) is 4. The smallest absolute Gasteiger partial charge is 0.319 e. The van der Waals surface area contributed by atoms with Crippen LogP contribution in [0.3, 0.4) is 0 Å². The largest absolute Gasteiger partial charge is 0.325 e. The van der Waals surface area contributed by atoms with Gasteiger partial charge in [-0.05, 0) is 42.3 Å². The zero-order valence-electron chi connectivity index (χ0n) is 13.5. The van der Waals surface area contributed by atoms with Gasteiger partial charge in [0.25, 0.3) is 11.6 Å². The number of non-ortho nitro benzene ring substituents is 1. The van der Waals surface area contributed by atoms with E-state index in [-0.39, 0.29) is 12.2 Å². The molecule has 1 atom stereocenters. The minimum Gasteiger partial charge on any atom is -0.319 e. The molecule has 3 amide bonds. The highest BCUT2D eigenvalue weighted by Crippen LogP contribution is 2.32. The molecule has 1 aliphatic heterocycles. The summed E-state index contributed by atoms with van der Waals surface area (Å²) in [6.45, 7) is 1.54. The van der Waals surface area contributed by atoms with Crippen molar-refractivity contribution in [3.05, 3.63) is 73.8 Å². The van der Waals surface area contributed by atoms with Crippen molar-refractivity contribution in [2.45, 2.75) is 19.0 Å². The number of nitrogens with one attached hydrogen (secondary N) is 1. The predicted octanol–water partition coefficient (Wildman–Crippen LogP) is 3.87. The number of nitro benzene ring substituents is 1. The van der Waals surface area contributed by atoms with Crippen LogP contribution in [0, 0.1) is 10.1 Å². The number of nitro groups is 1. The minimum absolute atomic E-state index is 0.0107. The Morgan fingerprint density at radius 3 is 2.38 bits per heavy atom. The first-order valence-electron chi connectivity index (χ1n) is 7.55. The summed E-state index contributed by atoms with van der Waals surface area (Å²) < 4.78 is 0. The molecule has 0 unspecified atom stereocenters. The van der Waals surface area contributed by atoms with Gasteiger partial charge in [-0.15, -0.1) is 0 Å². The number of amides is 3. The first-order chi connectivity index (χ1) is 12.2. The highest BCUT2D eigenvalue weighted by atomic mass is 35.5. The number of nitrogens with zero attached hydrogens (tertiary/aromatic N) is 2. The van der Waals surface area contributed by atoms with Gasteiger partial charge in [-0.2, -0.15) is 0 Å². The third-order valence-electron chi connectivity index (χ3n) is 4.27. The third-order valence-corrected chi connectivity index (χ3v) is 4.86. The van der Waals surface area contributed by atoms with Gasteiger partial charge in [0.1, 0.15) is 5.54 Å². The van der Waals surface area contributed by atoms with Crippen molar-refractivity contribution >= 4 is 40.8 Å². The van der Waals surface area contributed by atoms with Crippen LogP contribution in [-0.4, -0.2) is 21.8 Å². The Kier molecular flexibility index (Phi) is 4.60. The highest BCUT2D eigenvalue weighted by Gasteiger charge is 2.49. The lowest BCUT2D eigenvalue weighted by Crippen LogP contribution is -2.40. The van der Waals surface area contributed by atoms with E-state index in [0.29, 0.717) is 21.2 Å². The third kappa shape index (κ3) is 3.11. The van der Waals surface area contributed by atoms with Gasteiger partial charge in [0.2, 0.25) is 0 Å². The predicted molar refractivity (Wildman–Crippen MR) is 96.0 cm³/mol. The quantitative estimate of drug-likeness (QED) is 0.484. The summed E-state index contributed by atoms with van der Waals surface area (Å²) in [5, 5.41) is 14.2. The zero-order chi connectivity index (χ0) is 19.1. The molecule has 0 radical (unpaired) electrons. The molecular weight excluding hydrogens is 381 g/mol. The summed E-state index contributed by atoms with van der Waals surface area (Å²) in [7, 11) is 0. The molecule has 2 aromatic carbocycles. The van der Waals surface area contributed by atoms with Gasteiger partial charge in [0.15, 0.2) is 0 Å². The second-order valence-corrected chi connectivity index (χ2v) is 6.83. The number of urea groups is 1. The number of imide groups is 1. The lowest BCUT2D eigenvalue weighted by atomic mass is 9.92. The molecule has 0 saturated carbocycles. The SMILES string of the molecule is C[C@]1(c2ccc([N+](=O)[O-])cc2)NC(=O)N(Cc2ccc(Cl)cc2Cl)C1=O. The van der Waals surface area contributed by atoms with Gasteiger partial charge in [-0.3, -0.25) is 19.8 Å². The van der Waals surface area contributed by atoms with Crippen LogP contribution < -0.4 is 5.32 Å². The molecule has 1 aliphatic rings. The monoisotopic (exact) mass is 393 g/mol. The van der Waals surface area contributed by atoms with Gasteiger partial charge in [0, 0.05) is 22.2 Å². The standard InChI is InChI=1S/C17H13Cl2N3O4/c1-17(11-3-6-13(7-4-11)22(25)26)15(23)21(16(24)20-17)9-10-2-5-12(18)8-14(10)19/h2-8H,9H2,1H3,(H,20,24)/t17-/m1/s1. The Labute approximate surface area is 158 Å². The number of carbonyl (C=O) groups excluding carboxylic acids is 2. The van der Waals surface area contributed by atoms with Gasteiger partial charge < -0.3 is 5.32 Å². The van der Waals surface area contributed by atoms with Gasteiger partial charge >= 0.3 is 6.03 Å². The van der Waals surface area contributed by atoms with Gasteiger partial charge in [0.05, 0.1) is 11.5 Å². The first-order valence-corrected chi connectivity index (χ1v) is 8.31. The van der Waals surface area contributed by atoms with Crippen molar-refractivity contribution in [1.82, 2.24) is 10.2 Å². The van der Waals surface area contributed by atoms with Gasteiger partial charge in [-0.25, -0.2) is 4.79 Å². The Bertz CT molecular complexity index is 917. The molecule has 134 valence electrons. The Hall–Kier alpha value is -2.64. The van der Waals surface area contributed by atoms with Crippen LogP contribution in [0.2, 0.25) is 10.0 Å². The van der Waals surface area contributed by atoms with E-state index in [1.807, 2.05) is 0 Å². The molecule has 1 saturated heterocycles. The maximum Gasteiger partial charge on any atom is 0.325 e. The molecule has 9 heteroatoms. The zero-order valence-corrected chi connectivity index (χ0v) is 15.0. The van der Waals surface area contributed by atoms with Crippen molar-refractivity contribution in [2.75, 3.05) is 0 Å². The average Bonchev–Trinajstić information content (AvgIpc) is 2.81. The lowest BCUT2D eigenvalue weighted by Gasteiger charge is -2.22. The first kappa shape index (κ1) is 18.2. The van der Waals surface area contributed by atoms with E-state index in [1.54, 1.807) is 19.1 Å². The van der Waals surface area contributed by atoms with Crippen LogP contribution in [0.1, 0.15) is 18.1 Å². The molecule has 0 aromatic heterocycles. The van der Waals surface area contributed by atoms with Crippen LogP contribution >= 0.6 is 23.2 Å².